The minimum atomic E-state index is 0.586. The first-order chi connectivity index (χ1) is 13.8. The van der Waals surface area contributed by atoms with E-state index in [2.05, 4.69) is 19.7 Å². The number of ether oxygens (including phenoxy) is 1. The Morgan fingerprint density at radius 3 is 2.75 bits per heavy atom. The van der Waals surface area contributed by atoms with Gasteiger partial charge in [-0.25, -0.2) is 13.6 Å². The smallest absolute Gasteiger partial charge is 0.0963 e. The molecule has 1 aromatic heterocycles. The van der Waals surface area contributed by atoms with E-state index in [1.807, 2.05) is 36.2 Å². The second kappa shape index (κ2) is 10.6. The molecule has 5 nitrogen and oxygen atoms in total. The number of nitrogens with zero attached hydrogens (tertiary/aromatic N) is 3. The normalized spacial score (nSPS) is 28.0. The summed E-state index contributed by atoms with van der Waals surface area (Å²) in [7, 11) is 0. The summed E-state index contributed by atoms with van der Waals surface area (Å²) in [4.78, 5) is 4.55. The summed E-state index contributed by atoms with van der Waals surface area (Å²) in [5.74, 6) is 2.92. The molecule has 3 heterocycles. The van der Waals surface area contributed by atoms with Gasteiger partial charge in [-0.15, -0.1) is 11.8 Å². The summed E-state index contributed by atoms with van der Waals surface area (Å²) in [6, 6.07) is 4.78. The number of hydrogen-bond donors (Lipinski definition) is 1. The summed E-state index contributed by atoms with van der Waals surface area (Å²) in [5.41, 5.74) is 6.97. The minimum absolute atomic E-state index is 0.586. The first-order valence-electron chi connectivity index (χ1n) is 10.9. The Morgan fingerprint density at radius 2 is 1.96 bits per heavy atom. The van der Waals surface area contributed by atoms with E-state index in [4.69, 9.17) is 10.5 Å². The van der Waals surface area contributed by atoms with Crippen molar-refractivity contribution in [1.82, 2.24) is 13.6 Å². The van der Waals surface area contributed by atoms with Gasteiger partial charge >= 0.3 is 0 Å². The third-order valence-corrected chi connectivity index (χ3v) is 8.69. The molecule has 0 radical (unpaired) electrons. The van der Waals surface area contributed by atoms with Crippen LogP contribution in [0.4, 0.5) is 0 Å². The maximum Gasteiger partial charge on any atom is 0.0963 e. The lowest BCUT2D eigenvalue weighted by molar-refractivity contribution is 0.0756. The molecule has 2 unspecified atom stereocenters. The van der Waals surface area contributed by atoms with Gasteiger partial charge < -0.3 is 10.5 Å². The molecule has 0 bridgehead atoms. The zero-order valence-electron chi connectivity index (χ0n) is 16.8. The fourth-order valence-corrected chi connectivity index (χ4v) is 7.04. The van der Waals surface area contributed by atoms with Gasteiger partial charge in [0, 0.05) is 56.3 Å². The maximum absolute atomic E-state index is 5.80. The number of rotatable bonds is 7. The summed E-state index contributed by atoms with van der Waals surface area (Å²) >= 11 is 3.88. The molecular formula is C21H34N4OS2. The van der Waals surface area contributed by atoms with Crippen molar-refractivity contribution in [1.29, 1.82) is 0 Å². The third kappa shape index (κ3) is 5.64. The van der Waals surface area contributed by atoms with Crippen LogP contribution in [0.3, 0.4) is 0 Å². The van der Waals surface area contributed by atoms with Crippen molar-refractivity contribution >= 4 is 23.9 Å². The Balaban J connectivity index is 1.38. The molecule has 4 rings (SSSR count). The highest BCUT2D eigenvalue weighted by Gasteiger charge is 2.38. The molecule has 0 spiro atoms. The Morgan fingerprint density at radius 1 is 1.14 bits per heavy atom. The predicted molar refractivity (Wildman–Crippen MR) is 118 cm³/mol. The van der Waals surface area contributed by atoms with Crippen molar-refractivity contribution < 1.29 is 4.74 Å². The van der Waals surface area contributed by atoms with Crippen molar-refractivity contribution in [3.63, 3.8) is 0 Å². The zero-order valence-corrected chi connectivity index (χ0v) is 18.4. The summed E-state index contributed by atoms with van der Waals surface area (Å²) in [6.07, 6.45) is 10.4. The van der Waals surface area contributed by atoms with E-state index in [0.29, 0.717) is 12.6 Å². The van der Waals surface area contributed by atoms with E-state index in [1.165, 1.54) is 50.6 Å². The number of thioether (sulfide) groups is 1. The fraction of sp³-hybridized carbons (Fsp3) is 0.762. The molecule has 0 amide bonds. The Bertz CT molecular complexity index is 608. The van der Waals surface area contributed by atoms with Crippen LogP contribution in [0, 0.1) is 11.8 Å². The minimum Gasteiger partial charge on any atom is -0.379 e. The summed E-state index contributed by atoms with van der Waals surface area (Å²) < 4.78 is 10.7. The molecule has 2 saturated heterocycles. The van der Waals surface area contributed by atoms with Crippen LogP contribution in [-0.4, -0.2) is 58.2 Å². The molecule has 2 N–H and O–H groups in total. The molecule has 1 aromatic rings. The monoisotopic (exact) mass is 422 g/mol. The maximum atomic E-state index is 5.80. The van der Waals surface area contributed by atoms with Gasteiger partial charge in [0.1, 0.15) is 0 Å². The van der Waals surface area contributed by atoms with Crippen LogP contribution < -0.4 is 5.73 Å². The highest BCUT2D eigenvalue weighted by Crippen LogP contribution is 2.41. The molecule has 0 aromatic carbocycles. The average Bonchev–Trinajstić information content (AvgIpc) is 3.16. The Hall–Kier alpha value is -0.310. The third-order valence-electron chi connectivity index (χ3n) is 6.36. The Labute approximate surface area is 178 Å². The molecule has 7 heteroatoms. The number of aromatic nitrogens is 1. The van der Waals surface area contributed by atoms with Crippen molar-refractivity contribution in [2.24, 2.45) is 17.6 Å². The van der Waals surface area contributed by atoms with E-state index in [9.17, 15) is 0 Å². The zero-order chi connectivity index (χ0) is 19.2. The van der Waals surface area contributed by atoms with Crippen molar-refractivity contribution in [3.8, 4) is 0 Å². The predicted octanol–water partition coefficient (Wildman–Crippen LogP) is 3.80. The molecular weight excluding hydrogens is 388 g/mol. The number of morpholine rings is 1. The molecule has 3 fully saturated rings. The second-order valence-electron chi connectivity index (χ2n) is 8.29. The fourth-order valence-electron chi connectivity index (χ4n) is 4.73. The van der Waals surface area contributed by atoms with Crippen LogP contribution in [0.15, 0.2) is 23.4 Å². The summed E-state index contributed by atoms with van der Waals surface area (Å²) in [6.45, 7) is 5.63. The highest BCUT2D eigenvalue weighted by atomic mass is 32.2. The van der Waals surface area contributed by atoms with Crippen LogP contribution in [0.5, 0.6) is 0 Å². The molecule has 1 aliphatic carbocycles. The topological polar surface area (TPSA) is 54.6 Å². The van der Waals surface area contributed by atoms with Crippen LogP contribution in [0.2, 0.25) is 0 Å². The molecule has 3 aliphatic rings. The van der Waals surface area contributed by atoms with E-state index >= 15 is 0 Å². The van der Waals surface area contributed by atoms with E-state index in [-0.39, 0.29) is 0 Å². The quantitative estimate of drug-likeness (QED) is 0.530. The highest BCUT2D eigenvalue weighted by molar-refractivity contribution is 7.99. The van der Waals surface area contributed by atoms with Gasteiger partial charge in [0.25, 0.3) is 0 Å². The van der Waals surface area contributed by atoms with E-state index in [0.717, 1.165) is 48.9 Å². The van der Waals surface area contributed by atoms with Gasteiger partial charge in [0.05, 0.1) is 18.2 Å². The van der Waals surface area contributed by atoms with Gasteiger partial charge in [-0.2, -0.15) is 0 Å². The summed E-state index contributed by atoms with van der Waals surface area (Å²) in [5, 5.41) is 1.11. The van der Waals surface area contributed by atoms with Crippen LogP contribution >= 0.6 is 23.9 Å². The van der Waals surface area contributed by atoms with Gasteiger partial charge in [-0.3, -0.25) is 0 Å². The lowest BCUT2D eigenvalue weighted by Crippen LogP contribution is -2.37. The molecule has 1 saturated carbocycles. The largest absolute Gasteiger partial charge is 0.379 e. The molecule has 2 atom stereocenters. The standard InChI is InChI=1S/C21H34N4OS2/c22-14-17-6-7-23-21(12-17)27-16-20-13-19(18-4-2-1-3-5-18)15-25(20)28-24-8-10-26-11-9-24/h6-7,12,18-20H,1-5,8-11,13-16,22H2. The molecule has 156 valence electrons. The van der Waals surface area contributed by atoms with Crippen molar-refractivity contribution in [2.45, 2.75) is 56.1 Å². The number of nitrogens with two attached hydrogens (primary N) is 1. The van der Waals surface area contributed by atoms with Crippen molar-refractivity contribution in [2.75, 3.05) is 38.6 Å². The second-order valence-corrected chi connectivity index (χ2v) is 10.5. The van der Waals surface area contributed by atoms with Crippen LogP contribution in [0.25, 0.3) is 0 Å². The lowest BCUT2D eigenvalue weighted by Gasteiger charge is -2.32. The van der Waals surface area contributed by atoms with Crippen LogP contribution in [-0.2, 0) is 11.3 Å². The number of pyridine rings is 1. The molecule has 2 aliphatic heterocycles. The van der Waals surface area contributed by atoms with Gasteiger partial charge in [-0.05, 0) is 36.0 Å². The van der Waals surface area contributed by atoms with Gasteiger partial charge in [0.15, 0.2) is 0 Å². The average molecular weight is 423 g/mol. The molecule has 28 heavy (non-hydrogen) atoms. The van der Waals surface area contributed by atoms with Gasteiger partial charge in [0.2, 0.25) is 0 Å². The van der Waals surface area contributed by atoms with E-state index < -0.39 is 0 Å². The van der Waals surface area contributed by atoms with Crippen LogP contribution in [0.1, 0.15) is 44.1 Å². The number of hydrogen-bond acceptors (Lipinski definition) is 7. The lowest BCUT2D eigenvalue weighted by atomic mass is 9.79. The first-order valence-corrected chi connectivity index (χ1v) is 12.6. The van der Waals surface area contributed by atoms with E-state index in [1.54, 1.807) is 0 Å². The van der Waals surface area contributed by atoms with Gasteiger partial charge in [-0.1, -0.05) is 32.1 Å². The first kappa shape index (κ1) is 20.9. The SMILES string of the molecule is NCc1ccnc(SCC2CC(C3CCCCC3)CN2SN2CCOCC2)c1. The Kier molecular flexibility index (Phi) is 7.96. The van der Waals surface area contributed by atoms with Crippen molar-refractivity contribution in [3.05, 3.63) is 23.9 Å².